The lowest BCUT2D eigenvalue weighted by molar-refractivity contribution is 0.137. The molecule has 0 unspecified atom stereocenters. The molecule has 5 heteroatoms. The van der Waals surface area contributed by atoms with Gasteiger partial charge in [0.25, 0.3) is 0 Å². The van der Waals surface area contributed by atoms with Crippen LogP contribution in [0.1, 0.15) is 20.3 Å². The first kappa shape index (κ1) is 15.6. The second kappa shape index (κ2) is 10.2. The zero-order valence-corrected chi connectivity index (χ0v) is 8.71. The van der Waals surface area contributed by atoms with Crippen LogP contribution in [0, 0.1) is 0 Å². The number of benzene rings is 1. The Bertz CT molecular complexity index is 230. The van der Waals surface area contributed by atoms with Crippen molar-refractivity contribution in [3.8, 4) is 11.5 Å². The lowest BCUT2D eigenvalue weighted by Crippen LogP contribution is -1.81. The second-order valence-electron chi connectivity index (χ2n) is 2.51. The van der Waals surface area contributed by atoms with Crippen molar-refractivity contribution in [3.05, 3.63) is 24.3 Å². The summed E-state index contributed by atoms with van der Waals surface area (Å²) in [6.45, 7) is 4.25. The first-order valence-electron chi connectivity index (χ1n) is 4.33. The van der Waals surface area contributed by atoms with E-state index in [-0.39, 0.29) is 11.5 Å². The zero-order valence-electron chi connectivity index (χ0n) is 8.71. The van der Waals surface area contributed by atoms with E-state index >= 15 is 0 Å². The van der Waals surface area contributed by atoms with Crippen molar-refractivity contribution in [1.29, 1.82) is 0 Å². The highest BCUT2D eigenvalue weighted by Crippen LogP contribution is 2.13. The molecule has 0 fully saturated rings. The van der Waals surface area contributed by atoms with Gasteiger partial charge in [-0.15, -0.1) is 0 Å². The Labute approximate surface area is 88.2 Å². The van der Waals surface area contributed by atoms with E-state index in [0.29, 0.717) is 0 Å². The largest absolute Gasteiger partial charge is 0.508 e. The lowest BCUT2D eigenvalue weighted by Gasteiger charge is -1.88. The van der Waals surface area contributed by atoms with Gasteiger partial charge in [-0.3, -0.25) is 0 Å². The highest BCUT2D eigenvalue weighted by molar-refractivity contribution is 5.53. The van der Waals surface area contributed by atoms with Crippen molar-refractivity contribution in [1.82, 2.24) is 0 Å². The quantitative estimate of drug-likeness (QED) is 0.500. The topological polar surface area (TPSA) is 98.0 Å². The van der Waals surface area contributed by atoms with Gasteiger partial charge in [0.1, 0.15) is 11.5 Å². The summed E-state index contributed by atoms with van der Waals surface area (Å²) in [6, 6.07) is 5.70. The van der Waals surface area contributed by atoms with Crippen molar-refractivity contribution in [2.45, 2.75) is 20.3 Å². The van der Waals surface area contributed by atoms with Gasteiger partial charge in [-0.05, 0) is 24.3 Å². The van der Waals surface area contributed by atoms with Crippen LogP contribution in [-0.2, 0) is 0 Å². The Morgan fingerprint density at radius 2 is 1.13 bits per heavy atom. The summed E-state index contributed by atoms with van der Waals surface area (Å²) in [5, 5.41) is 31.2. The van der Waals surface area contributed by atoms with Crippen LogP contribution in [0.2, 0.25) is 0 Å². The smallest absolute Gasteiger partial charge is 0.503 e. The predicted molar refractivity (Wildman–Crippen MR) is 56.4 cm³/mol. The molecule has 0 saturated heterocycles. The van der Waals surface area contributed by atoms with Gasteiger partial charge in [0.15, 0.2) is 0 Å². The van der Waals surface area contributed by atoms with Gasteiger partial charge in [0, 0.05) is 0 Å². The molecule has 15 heavy (non-hydrogen) atoms. The van der Waals surface area contributed by atoms with Crippen LogP contribution in [0.25, 0.3) is 0 Å². The summed E-state index contributed by atoms with van der Waals surface area (Å²) in [5.41, 5.74) is 0. The van der Waals surface area contributed by atoms with Crippen LogP contribution in [-0.4, -0.2) is 26.6 Å². The number of aromatic hydroxyl groups is 2. The molecule has 0 amide bonds. The fraction of sp³-hybridized carbons (Fsp3) is 0.300. The fourth-order valence-corrected chi connectivity index (χ4v) is 0.453. The molecule has 1 rings (SSSR count). The van der Waals surface area contributed by atoms with Gasteiger partial charge in [-0.2, -0.15) is 0 Å². The molecule has 1 aromatic carbocycles. The van der Waals surface area contributed by atoms with Gasteiger partial charge in [0.2, 0.25) is 0 Å². The molecule has 0 aliphatic carbocycles. The van der Waals surface area contributed by atoms with Gasteiger partial charge in [-0.25, -0.2) is 4.79 Å². The Hall–Kier alpha value is -1.91. The van der Waals surface area contributed by atoms with Crippen LogP contribution in [0.15, 0.2) is 24.3 Å². The van der Waals surface area contributed by atoms with Crippen LogP contribution < -0.4 is 0 Å². The number of phenolic OH excluding ortho intramolecular Hbond substituents is 2. The maximum absolute atomic E-state index is 8.65. The lowest BCUT2D eigenvalue weighted by atomic mass is 10.3. The maximum Gasteiger partial charge on any atom is 0.503 e. The molecule has 86 valence electrons. The van der Waals surface area contributed by atoms with Crippen LogP contribution in [0.5, 0.6) is 11.5 Å². The minimum Gasteiger partial charge on any atom is -0.508 e. The van der Waals surface area contributed by atoms with E-state index in [2.05, 4.69) is 13.8 Å². The first-order valence-corrected chi connectivity index (χ1v) is 4.33. The molecule has 5 nitrogen and oxygen atoms in total. The third-order valence-corrected chi connectivity index (χ3v) is 0.850. The molecular formula is C10H16O5. The Kier molecular flexibility index (Phi) is 10.6. The van der Waals surface area contributed by atoms with E-state index < -0.39 is 6.16 Å². The highest BCUT2D eigenvalue weighted by Gasteiger charge is 1.84. The van der Waals surface area contributed by atoms with Crippen LogP contribution in [0.3, 0.4) is 0 Å². The molecular weight excluding hydrogens is 200 g/mol. The number of hydrogen-bond donors (Lipinski definition) is 4. The normalized spacial score (nSPS) is 7.60. The second-order valence-corrected chi connectivity index (χ2v) is 2.51. The average molecular weight is 216 g/mol. The van der Waals surface area contributed by atoms with E-state index in [1.54, 1.807) is 0 Å². The molecule has 0 bridgehead atoms. The van der Waals surface area contributed by atoms with Crippen LogP contribution in [0.4, 0.5) is 4.79 Å². The van der Waals surface area contributed by atoms with E-state index in [4.69, 9.17) is 25.2 Å². The van der Waals surface area contributed by atoms with Gasteiger partial charge in [0.05, 0.1) is 0 Å². The van der Waals surface area contributed by atoms with Crippen molar-refractivity contribution < 1.29 is 25.2 Å². The van der Waals surface area contributed by atoms with Crippen molar-refractivity contribution in [2.24, 2.45) is 0 Å². The minimum absolute atomic E-state index is 0.169. The third kappa shape index (κ3) is 18.8. The van der Waals surface area contributed by atoms with E-state index in [1.807, 2.05) is 0 Å². The Morgan fingerprint density at radius 1 is 1.00 bits per heavy atom. The van der Waals surface area contributed by atoms with Crippen LogP contribution >= 0.6 is 0 Å². The number of carbonyl (C=O) groups is 1. The molecule has 0 saturated carbocycles. The van der Waals surface area contributed by atoms with E-state index in [1.165, 1.54) is 30.7 Å². The van der Waals surface area contributed by atoms with Crippen molar-refractivity contribution in [2.75, 3.05) is 0 Å². The van der Waals surface area contributed by atoms with E-state index in [9.17, 15) is 0 Å². The molecule has 4 N–H and O–H groups in total. The summed E-state index contributed by atoms with van der Waals surface area (Å²) >= 11 is 0. The number of rotatable bonds is 0. The maximum atomic E-state index is 8.65. The third-order valence-electron chi connectivity index (χ3n) is 0.850. The summed E-state index contributed by atoms with van der Waals surface area (Å²) < 4.78 is 0. The molecule has 0 aliphatic rings. The van der Waals surface area contributed by atoms with Gasteiger partial charge >= 0.3 is 6.16 Å². The predicted octanol–water partition coefficient (Wildman–Crippen LogP) is 2.74. The summed E-state index contributed by atoms with van der Waals surface area (Å²) in [6.07, 6.45) is -0.583. The summed E-state index contributed by atoms with van der Waals surface area (Å²) in [4.78, 5) is 8.56. The fourth-order valence-electron chi connectivity index (χ4n) is 0.453. The Morgan fingerprint density at radius 3 is 1.27 bits per heavy atom. The highest BCUT2D eigenvalue weighted by atomic mass is 16.6. The van der Waals surface area contributed by atoms with Gasteiger partial charge in [-0.1, -0.05) is 20.3 Å². The molecule has 0 heterocycles. The molecule has 0 atom stereocenters. The van der Waals surface area contributed by atoms with Crippen molar-refractivity contribution >= 4 is 6.16 Å². The zero-order chi connectivity index (χ0) is 12.3. The van der Waals surface area contributed by atoms with E-state index in [0.717, 1.165) is 0 Å². The molecule has 0 aromatic heterocycles. The number of carboxylic acid groups (broad SMARTS) is 2. The summed E-state index contributed by atoms with van der Waals surface area (Å²) in [7, 11) is 0. The molecule has 0 aliphatic heterocycles. The van der Waals surface area contributed by atoms with Crippen molar-refractivity contribution in [3.63, 3.8) is 0 Å². The SMILES string of the molecule is CCC.O=C(O)O.Oc1ccc(O)cc1. The summed E-state index contributed by atoms with van der Waals surface area (Å²) in [5.74, 6) is 0.339. The molecule has 0 spiro atoms. The Balaban J connectivity index is 0. The first-order chi connectivity index (χ1) is 6.93. The minimum atomic E-state index is -1.83. The number of hydrogen-bond acceptors (Lipinski definition) is 3. The van der Waals surface area contributed by atoms with Gasteiger partial charge < -0.3 is 20.4 Å². The standard InChI is InChI=1S/C6H6O2.C3H8.CH2O3/c7-5-1-2-6(8)4-3-5;1-3-2;2-1(3)4/h1-4,7-8H;3H2,1-2H3;(H2,2,3,4). The average Bonchev–Trinajstić information content (AvgIpc) is 2.10. The number of phenols is 2. The molecule has 0 radical (unpaired) electrons. The monoisotopic (exact) mass is 216 g/mol. The molecule has 1 aromatic rings.